The Balaban J connectivity index is 1.51. The molecule has 0 aromatic heterocycles. The molecule has 2 heterocycles. The van der Waals surface area contributed by atoms with Crippen LogP contribution in [0.4, 0.5) is 4.79 Å². The van der Waals surface area contributed by atoms with Crippen LogP contribution >= 0.6 is 0 Å². The lowest BCUT2D eigenvalue weighted by Gasteiger charge is -2.38. The first-order valence-electron chi connectivity index (χ1n) is 10.5. The predicted molar refractivity (Wildman–Crippen MR) is 116 cm³/mol. The number of piperidine rings is 1. The molecule has 7 heteroatoms. The molecule has 0 unspecified atom stereocenters. The van der Waals surface area contributed by atoms with Gasteiger partial charge in [-0.2, -0.15) is 0 Å². The molecule has 0 saturated carbocycles. The van der Waals surface area contributed by atoms with E-state index in [1.165, 1.54) is 7.05 Å². The second-order valence-corrected chi connectivity index (χ2v) is 8.22. The average molecular weight is 421 g/mol. The number of amides is 4. The van der Waals surface area contributed by atoms with Crippen LogP contribution in [0.15, 0.2) is 54.6 Å². The summed E-state index contributed by atoms with van der Waals surface area (Å²) in [4.78, 5) is 41.0. The highest BCUT2D eigenvalue weighted by molar-refractivity contribution is 6.06. The minimum absolute atomic E-state index is 0.0435. The van der Waals surface area contributed by atoms with E-state index >= 15 is 0 Å². The Labute approximate surface area is 182 Å². The standard InChI is InChI=1S/C24H27N3O4/c1-26-22(29)24(25-23(26)30)12-14-27(15-13-24)21(28)20(18-6-4-3-5-7-18)16-17-8-10-19(31-2)11-9-17/h3-11,20H,12-16H2,1-2H3,(H,25,30)/t20-/m0/s1. The van der Waals surface area contributed by atoms with E-state index < -0.39 is 5.54 Å². The largest absolute Gasteiger partial charge is 0.497 e. The lowest BCUT2D eigenvalue weighted by atomic mass is 9.85. The van der Waals surface area contributed by atoms with Gasteiger partial charge in [0.25, 0.3) is 5.91 Å². The van der Waals surface area contributed by atoms with E-state index in [4.69, 9.17) is 4.74 Å². The number of methoxy groups -OCH3 is 1. The number of benzene rings is 2. The second-order valence-electron chi connectivity index (χ2n) is 8.22. The second kappa shape index (κ2) is 8.41. The van der Waals surface area contributed by atoms with Crippen LogP contribution in [-0.4, -0.2) is 60.4 Å². The van der Waals surface area contributed by atoms with Crippen LogP contribution in [0.3, 0.4) is 0 Å². The van der Waals surface area contributed by atoms with E-state index in [1.54, 1.807) is 7.11 Å². The Morgan fingerprint density at radius 3 is 2.26 bits per heavy atom. The third-order valence-electron chi connectivity index (χ3n) is 6.39. The fourth-order valence-electron chi connectivity index (χ4n) is 4.45. The van der Waals surface area contributed by atoms with Crippen LogP contribution in [-0.2, 0) is 16.0 Å². The van der Waals surface area contributed by atoms with Gasteiger partial charge < -0.3 is 15.0 Å². The minimum Gasteiger partial charge on any atom is -0.497 e. The summed E-state index contributed by atoms with van der Waals surface area (Å²) in [5.41, 5.74) is 1.14. The maximum absolute atomic E-state index is 13.6. The molecular weight excluding hydrogens is 394 g/mol. The summed E-state index contributed by atoms with van der Waals surface area (Å²) in [6.07, 6.45) is 1.43. The zero-order valence-electron chi connectivity index (χ0n) is 17.8. The first kappa shape index (κ1) is 20.9. The summed E-state index contributed by atoms with van der Waals surface area (Å²) in [5, 5.41) is 2.83. The number of carbonyl (C=O) groups excluding carboxylic acids is 3. The van der Waals surface area contributed by atoms with Gasteiger partial charge in [0.1, 0.15) is 11.3 Å². The van der Waals surface area contributed by atoms with E-state index in [1.807, 2.05) is 59.5 Å². The smallest absolute Gasteiger partial charge is 0.324 e. The molecule has 2 saturated heterocycles. The van der Waals surface area contributed by atoms with Gasteiger partial charge in [-0.25, -0.2) is 4.79 Å². The summed E-state index contributed by atoms with van der Waals surface area (Å²) in [6, 6.07) is 17.2. The van der Waals surface area contributed by atoms with Gasteiger partial charge in [0.15, 0.2) is 0 Å². The average Bonchev–Trinajstić information content (AvgIpc) is 3.02. The third kappa shape index (κ3) is 4.00. The third-order valence-corrected chi connectivity index (χ3v) is 6.39. The van der Waals surface area contributed by atoms with Crippen LogP contribution in [0.2, 0.25) is 0 Å². The number of carbonyl (C=O) groups is 3. The molecule has 2 aliphatic heterocycles. The topological polar surface area (TPSA) is 79.0 Å². The Hall–Kier alpha value is -3.35. The Bertz CT molecular complexity index is 966. The molecule has 1 spiro atoms. The quantitative estimate of drug-likeness (QED) is 0.753. The maximum atomic E-state index is 13.6. The molecule has 2 fully saturated rings. The summed E-state index contributed by atoms with van der Waals surface area (Å²) < 4.78 is 5.24. The molecule has 0 radical (unpaired) electrons. The Kier molecular flexibility index (Phi) is 5.67. The Morgan fingerprint density at radius 1 is 1.06 bits per heavy atom. The molecule has 1 atom stereocenters. The van der Waals surface area contributed by atoms with Crippen molar-refractivity contribution in [3.05, 3.63) is 65.7 Å². The van der Waals surface area contributed by atoms with E-state index in [0.717, 1.165) is 21.8 Å². The zero-order valence-corrected chi connectivity index (χ0v) is 17.8. The summed E-state index contributed by atoms with van der Waals surface area (Å²) >= 11 is 0. The normalized spacial score (nSPS) is 18.8. The van der Waals surface area contributed by atoms with Crippen molar-refractivity contribution in [3.8, 4) is 5.75 Å². The highest BCUT2D eigenvalue weighted by Crippen LogP contribution is 2.31. The van der Waals surface area contributed by atoms with Crippen LogP contribution < -0.4 is 10.1 Å². The number of likely N-dealkylation sites (tertiary alicyclic amines) is 1. The number of urea groups is 1. The summed E-state index contributed by atoms with van der Waals surface area (Å²) in [6.45, 7) is 0.870. The monoisotopic (exact) mass is 421 g/mol. The van der Waals surface area contributed by atoms with Gasteiger partial charge in [-0.1, -0.05) is 42.5 Å². The van der Waals surface area contributed by atoms with Crippen molar-refractivity contribution in [2.45, 2.75) is 30.7 Å². The van der Waals surface area contributed by atoms with E-state index in [9.17, 15) is 14.4 Å². The van der Waals surface area contributed by atoms with Crippen molar-refractivity contribution in [1.29, 1.82) is 0 Å². The molecular formula is C24H27N3O4. The van der Waals surface area contributed by atoms with Gasteiger partial charge in [0.05, 0.1) is 13.0 Å². The fraction of sp³-hybridized carbons (Fsp3) is 0.375. The SMILES string of the molecule is COc1ccc(C[C@H](C(=O)N2CCC3(CC2)NC(=O)N(C)C3=O)c2ccccc2)cc1. The van der Waals surface area contributed by atoms with E-state index in [-0.39, 0.29) is 23.8 Å². The van der Waals surface area contributed by atoms with Gasteiger partial charge in [-0.15, -0.1) is 0 Å². The van der Waals surface area contributed by atoms with Gasteiger partial charge in [-0.3, -0.25) is 14.5 Å². The Morgan fingerprint density at radius 2 is 1.71 bits per heavy atom. The number of hydrogen-bond acceptors (Lipinski definition) is 4. The highest BCUT2D eigenvalue weighted by atomic mass is 16.5. The minimum atomic E-state index is -0.874. The molecule has 7 nitrogen and oxygen atoms in total. The van der Waals surface area contributed by atoms with Crippen molar-refractivity contribution in [3.63, 3.8) is 0 Å². The van der Waals surface area contributed by atoms with E-state index in [0.29, 0.717) is 32.4 Å². The predicted octanol–water partition coefficient (Wildman–Crippen LogP) is 2.56. The van der Waals surface area contributed by atoms with Crippen LogP contribution in [0.1, 0.15) is 29.9 Å². The van der Waals surface area contributed by atoms with Gasteiger partial charge in [0, 0.05) is 20.1 Å². The number of nitrogens with zero attached hydrogens (tertiary/aromatic N) is 2. The van der Waals surface area contributed by atoms with Crippen LogP contribution in [0.5, 0.6) is 5.75 Å². The number of rotatable bonds is 5. The highest BCUT2D eigenvalue weighted by Gasteiger charge is 2.51. The molecule has 4 amide bonds. The summed E-state index contributed by atoms with van der Waals surface area (Å²) in [5.74, 6) is 0.297. The van der Waals surface area contributed by atoms with Crippen molar-refractivity contribution in [1.82, 2.24) is 15.1 Å². The van der Waals surface area contributed by atoms with Crippen LogP contribution in [0.25, 0.3) is 0 Å². The van der Waals surface area contributed by atoms with Crippen LogP contribution in [0, 0.1) is 0 Å². The molecule has 2 aliphatic rings. The molecule has 4 rings (SSSR count). The zero-order chi connectivity index (χ0) is 22.0. The number of nitrogens with one attached hydrogen (secondary N) is 1. The molecule has 2 aromatic carbocycles. The lowest BCUT2D eigenvalue weighted by molar-refractivity contribution is -0.139. The maximum Gasteiger partial charge on any atom is 0.324 e. The van der Waals surface area contributed by atoms with Crippen molar-refractivity contribution >= 4 is 17.8 Å². The lowest BCUT2D eigenvalue weighted by Crippen LogP contribution is -2.56. The van der Waals surface area contributed by atoms with Gasteiger partial charge in [0.2, 0.25) is 5.91 Å². The molecule has 0 bridgehead atoms. The fourth-order valence-corrected chi connectivity index (χ4v) is 4.45. The molecule has 31 heavy (non-hydrogen) atoms. The van der Waals surface area contributed by atoms with Gasteiger partial charge >= 0.3 is 6.03 Å². The van der Waals surface area contributed by atoms with Crippen molar-refractivity contribution in [2.75, 3.05) is 27.2 Å². The molecule has 0 aliphatic carbocycles. The molecule has 162 valence electrons. The number of likely N-dealkylation sites (N-methyl/N-ethyl adjacent to an activating group) is 1. The number of imide groups is 1. The molecule has 2 aromatic rings. The van der Waals surface area contributed by atoms with Crippen molar-refractivity contribution < 1.29 is 19.1 Å². The van der Waals surface area contributed by atoms with Crippen molar-refractivity contribution in [2.24, 2.45) is 0 Å². The number of hydrogen-bond donors (Lipinski definition) is 1. The van der Waals surface area contributed by atoms with E-state index in [2.05, 4.69) is 5.32 Å². The first-order valence-corrected chi connectivity index (χ1v) is 10.5. The first-order chi connectivity index (χ1) is 14.9. The van der Waals surface area contributed by atoms with Gasteiger partial charge in [-0.05, 0) is 42.5 Å². The summed E-state index contributed by atoms with van der Waals surface area (Å²) in [7, 11) is 3.12. The number of ether oxygens (including phenoxy) is 1. The molecule has 1 N–H and O–H groups in total.